The molecule has 0 aromatic carbocycles. The molecule has 0 unspecified atom stereocenters. The van der Waals surface area contributed by atoms with E-state index in [1.807, 2.05) is 13.8 Å². The van der Waals surface area contributed by atoms with Crippen molar-refractivity contribution in [3.05, 3.63) is 27.9 Å². The molecule has 18 heavy (non-hydrogen) atoms. The van der Waals surface area contributed by atoms with Gasteiger partial charge in [-0.1, -0.05) is 6.92 Å². The Bertz CT molecular complexity index is 462. The first-order chi connectivity index (χ1) is 8.51. The maximum atomic E-state index is 10.9. The van der Waals surface area contributed by atoms with Gasteiger partial charge >= 0.3 is 11.7 Å². The summed E-state index contributed by atoms with van der Waals surface area (Å²) in [5, 5.41) is 19.8. The van der Waals surface area contributed by atoms with Crippen molar-refractivity contribution in [2.24, 2.45) is 0 Å². The number of aromatic nitrogens is 1. The van der Waals surface area contributed by atoms with Crippen molar-refractivity contribution >= 4 is 17.5 Å². The number of hydrogen-bond acceptors (Lipinski definition) is 5. The highest BCUT2D eigenvalue weighted by molar-refractivity contribution is 5.86. The van der Waals surface area contributed by atoms with Crippen LogP contribution in [0, 0.1) is 10.1 Å². The Labute approximate surface area is 104 Å². The SMILES string of the molecule is CCCN(CC)c1nc(C(=O)O)ccc1[N+](=O)[O-]. The Morgan fingerprint density at radius 3 is 2.61 bits per heavy atom. The second-order valence-electron chi connectivity index (χ2n) is 3.68. The molecule has 1 heterocycles. The lowest BCUT2D eigenvalue weighted by Gasteiger charge is -2.20. The van der Waals surface area contributed by atoms with Crippen molar-refractivity contribution in [2.75, 3.05) is 18.0 Å². The molecule has 1 N–H and O–H groups in total. The molecule has 0 saturated heterocycles. The molecule has 0 saturated carbocycles. The Morgan fingerprint density at radius 2 is 2.17 bits per heavy atom. The Kier molecular flexibility index (Phi) is 4.59. The highest BCUT2D eigenvalue weighted by Crippen LogP contribution is 2.26. The third kappa shape index (κ3) is 2.93. The lowest BCUT2D eigenvalue weighted by Crippen LogP contribution is -2.26. The van der Waals surface area contributed by atoms with Crippen LogP contribution in [-0.2, 0) is 0 Å². The molecule has 98 valence electrons. The second-order valence-corrected chi connectivity index (χ2v) is 3.68. The number of nitrogens with zero attached hydrogens (tertiary/aromatic N) is 3. The number of hydrogen-bond donors (Lipinski definition) is 1. The number of pyridine rings is 1. The minimum absolute atomic E-state index is 0.115. The third-order valence-electron chi connectivity index (χ3n) is 2.45. The van der Waals surface area contributed by atoms with Gasteiger partial charge < -0.3 is 10.0 Å². The molecule has 0 aliphatic heterocycles. The van der Waals surface area contributed by atoms with Gasteiger partial charge in [0.15, 0.2) is 5.69 Å². The predicted molar refractivity (Wildman–Crippen MR) is 66.0 cm³/mol. The average Bonchev–Trinajstić information content (AvgIpc) is 2.35. The molecule has 0 aliphatic carbocycles. The van der Waals surface area contributed by atoms with Crippen LogP contribution in [0.15, 0.2) is 12.1 Å². The van der Waals surface area contributed by atoms with Crippen LogP contribution in [0.5, 0.6) is 0 Å². The fraction of sp³-hybridized carbons (Fsp3) is 0.455. The average molecular weight is 253 g/mol. The highest BCUT2D eigenvalue weighted by atomic mass is 16.6. The fourth-order valence-corrected chi connectivity index (χ4v) is 1.62. The molecule has 0 aliphatic rings. The molecular weight excluding hydrogens is 238 g/mol. The minimum Gasteiger partial charge on any atom is -0.477 e. The molecule has 0 fully saturated rings. The third-order valence-corrected chi connectivity index (χ3v) is 2.45. The lowest BCUT2D eigenvalue weighted by molar-refractivity contribution is -0.384. The first kappa shape index (κ1) is 13.9. The van der Waals surface area contributed by atoms with Crippen LogP contribution < -0.4 is 4.90 Å². The van der Waals surface area contributed by atoms with E-state index in [-0.39, 0.29) is 17.2 Å². The molecule has 1 rings (SSSR count). The monoisotopic (exact) mass is 253 g/mol. The van der Waals surface area contributed by atoms with E-state index in [1.54, 1.807) is 4.90 Å². The quantitative estimate of drug-likeness (QED) is 0.614. The molecule has 7 heteroatoms. The van der Waals surface area contributed by atoms with Crippen LogP contribution in [0.3, 0.4) is 0 Å². The molecule has 0 atom stereocenters. The van der Waals surface area contributed by atoms with Gasteiger partial charge in [0, 0.05) is 19.2 Å². The maximum absolute atomic E-state index is 10.9. The number of anilines is 1. The standard InChI is InChI=1S/C11H15N3O4/c1-3-7-13(4-2)10-9(14(17)18)6-5-8(12-10)11(15)16/h5-6H,3-4,7H2,1-2H3,(H,15,16). The van der Waals surface area contributed by atoms with Crippen LogP contribution in [0.25, 0.3) is 0 Å². The number of nitro groups is 1. The summed E-state index contributed by atoms with van der Waals surface area (Å²) in [4.78, 5) is 26.8. The van der Waals surface area contributed by atoms with Crippen LogP contribution >= 0.6 is 0 Å². The van der Waals surface area contributed by atoms with Gasteiger partial charge in [-0.05, 0) is 19.4 Å². The lowest BCUT2D eigenvalue weighted by atomic mass is 10.3. The van der Waals surface area contributed by atoms with Crippen molar-refractivity contribution in [2.45, 2.75) is 20.3 Å². The molecule has 1 aromatic rings. The van der Waals surface area contributed by atoms with Gasteiger partial charge in [-0.15, -0.1) is 0 Å². The number of aromatic carboxylic acids is 1. The van der Waals surface area contributed by atoms with E-state index in [4.69, 9.17) is 5.11 Å². The van der Waals surface area contributed by atoms with E-state index in [0.29, 0.717) is 13.1 Å². The van der Waals surface area contributed by atoms with Crippen LogP contribution in [0.2, 0.25) is 0 Å². The second kappa shape index (κ2) is 5.95. The van der Waals surface area contributed by atoms with E-state index >= 15 is 0 Å². The highest BCUT2D eigenvalue weighted by Gasteiger charge is 2.22. The van der Waals surface area contributed by atoms with Crippen LogP contribution in [0.1, 0.15) is 30.8 Å². The van der Waals surface area contributed by atoms with Gasteiger partial charge in [0.2, 0.25) is 5.82 Å². The topological polar surface area (TPSA) is 96.6 Å². The zero-order chi connectivity index (χ0) is 13.7. The summed E-state index contributed by atoms with van der Waals surface area (Å²) in [6.45, 7) is 4.90. The normalized spacial score (nSPS) is 10.1. The molecule has 0 bridgehead atoms. The summed E-state index contributed by atoms with van der Waals surface area (Å²) in [7, 11) is 0. The number of carbonyl (C=O) groups is 1. The molecule has 7 nitrogen and oxygen atoms in total. The van der Waals surface area contributed by atoms with E-state index in [2.05, 4.69) is 4.98 Å². The van der Waals surface area contributed by atoms with E-state index < -0.39 is 10.9 Å². The molecule has 1 aromatic heterocycles. The Morgan fingerprint density at radius 1 is 1.50 bits per heavy atom. The van der Waals surface area contributed by atoms with Crippen LogP contribution in [-0.4, -0.2) is 34.1 Å². The van der Waals surface area contributed by atoms with Gasteiger partial charge in [0.25, 0.3) is 0 Å². The summed E-state index contributed by atoms with van der Waals surface area (Å²) in [6.07, 6.45) is 0.796. The summed E-state index contributed by atoms with van der Waals surface area (Å²) in [6, 6.07) is 2.33. The number of rotatable bonds is 6. The minimum atomic E-state index is -1.20. The summed E-state index contributed by atoms with van der Waals surface area (Å²) >= 11 is 0. The Balaban J connectivity index is 3.29. The van der Waals surface area contributed by atoms with Gasteiger partial charge in [0.05, 0.1) is 4.92 Å². The first-order valence-corrected chi connectivity index (χ1v) is 5.64. The van der Waals surface area contributed by atoms with Crippen molar-refractivity contribution in [1.82, 2.24) is 4.98 Å². The predicted octanol–water partition coefficient (Wildman–Crippen LogP) is 1.92. The molecule has 0 amide bonds. The first-order valence-electron chi connectivity index (χ1n) is 5.64. The fourth-order valence-electron chi connectivity index (χ4n) is 1.62. The number of carboxylic acid groups (broad SMARTS) is 1. The number of carboxylic acids is 1. The van der Waals surface area contributed by atoms with E-state index in [9.17, 15) is 14.9 Å². The van der Waals surface area contributed by atoms with Gasteiger partial charge in [0.1, 0.15) is 0 Å². The zero-order valence-electron chi connectivity index (χ0n) is 10.3. The zero-order valence-corrected chi connectivity index (χ0v) is 10.3. The summed E-state index contributed by atoms with van der Waals surface area (Å²) in [5.74, 6) is -1.08. The summed E-state index contributed by atoms with van der Waals surface area (Å²) < 4.78 is 0. The molecule has 0 spiro atoms. The van der Waals surface area contributed by atoms with Crippen LogP contribution in [0.4, 0.5) is 11.5 Å². The molecule has 0 radical (unpaired) electrons. The smallest absolute Gasteiger partial charge is 0.354 e. The van der Waals surface area contributed by atoms with Gasteiger partial charge in [-0.3, -0.25) is 10.1 Å². The largest absolute Gasteiger partial charge is 0.477 e. The van der Waals surface area contributed by atoms with Crippen molar-refractivity contribution in [3.8, 4) is 0 Å². The van der Waals surface area contributed by atoms with E-state index in [0.717, 1.165) is 12.5 Å². The van der Waals surface area contributed by atoms with Crippen molar-refractivity contribution in [3.63, 3.8) is 0 Å². The van der Waals surface area contributed by atoms with E-state index in [1.165, 1.54) is 6.07 Å². The summed E-state index contributed by atoms with van der Waals surface area (Å²) in [5.41, 5.74) is -0.361. The van der Waals surface area contributed by atoms with Crippen molar-refractivity contribution < 1.29 is 14.8 Å². The van der Waals surface area contributed by atoms with Gasteiger partial charge in [-0.25, -0.2) is 9.78 Å². The molecular formula is C11H15N3O4. The maximum Gasteiger partial charge on any atom is 0.354 e. The van der Waals surface area contributed by atoms with Gasteiger partial charge in [-0.2, -0.15) is 0 Å². The Hall–Kier alpha value is -2.18. The van der Waals surface area contributed by atoms with Crippen molar-refractivity contribution in [1.29, 1.82) is 0 Å².